The predicted octanol–water partition coefficient (Wildman–Crippen LogP) is 0.859. The van der Waals surface area contributed by atoms with Crippen LogP contribution in [0.3, 0.4) is 0 Å². The lowest BCUT2D eigenvalue weighted by Gasteiger charge is -2.41. The van der Waals surface area contributed by atoms with Gasteiger partial charge in [-0.15, -0.1) is 11.3 Å². The van der Waals surface area contributed by atoms with Crippen LogP contribution >= 0.6 is 11.3 Å². The maximum absolute atomic E-state index is 12.0. The standard InChI is InChI=1S/C14H24N4O2S/c1-3-12-9-17(5-6-18(12)8-11(2)19)10-13(20)16-14-15-4-7-21-14/h4,7,11-12,19H,3,5-6,8-10H2,1-2H3,(H,15,16,20)/t11-,12-/m1/s1. The van der Waals surface area contributed by atoms with Gasteiger partial charge in [0.15, 0.2) is 5.13 Å². The number of aromatic nitrogens is 1. The number of hydrogen-bond donors (Lipinski definition) is 2. The minimum atomic E-state index is -0.307. The Hall–Kier alpha value is -1.02. The molecule has 118 valence electrons. The van der Waals surface area contributed by atoms with Gasteiger partial charge in [-0.2, -0.15) is 0 Å². The van der Waals surface area contributed by atoms with E-state index in [9.17, 15) is 9.90 Å². The molecule has 6 nitrogen and oxygen atoms in total. The third-order valence-electron chi connectivity index (χ3n) is 3.70. The number of thiazole rings is 1. The van der Waals surface area contributed by atoms with Crippen molar-refractivity contribution in [1.82, 2.24) is 14.8 Å². The molecule has 2 heterocycles. The Morgan fingerprint density at radius 2 is 2.43 bits per heavy atom. The van der Waals surface area contributed by atoms with Crippen molar-refractivity contribution in [3.63, 3.8) is 0 Å². The monoisotopic (exact) mass is 312 g/mol. The number of rotatable bonds is 6. The molecule has 0 aliphatic carbocycles. The van der Waals surface area contributed by atoms with Gasteiger partial charge in [-0.25, -0.2) is 4.98 Å². The highest BCUT2D eigenvalue weighted by Gasteiger charge is 2.27. The number of hydrogen-bond acceptors (Lipinski definition) is 6. The Kier molecular flexibility index (Phi) is 6.10. The van der Waals surface area contributed by atoms with E-state index in [0.29, 0.717) is 24.3 Å². The normalized spacial score (nSPS) is 22.1. The first-order chi connectivity index (χ1) is 10.1. The highest BCUT2D eigenvalue weighted by Crippen LogP contribution is 2.14. The third kappa shape index (κ3) is 5.03. The molecule has 0 unspecified atom stereocenters. The number of amides is 1. The fourth-order valence-corrected chi connectivity index (χ4v) is 3.26. The highest BCUT2D eigenvalue weighted by molar-refractivity contribution is 7.13. The number of aliphatic hydroxyl groups is 1. The third-order valence-corrected chi connectivity index (χ3v) is 4.39. The number of β-amino-alcohol motifs (C(OH)–C–C–N with tert-alkyl or cyclic N) is 1. The first-order valence-electron chi connectivity index (χ1n) is 7.42. The fraction of sp³-hybridized carbons (Fsp3) is 0.714. The number of carbonyl (C=O) groups is 1. The first-order valence-corrected chi connectivity index (χ1v) is 8.30. The summed E-state index contributed by atoms with van der Waals surface area (Å²) in [6.07, 6.45) is 2.40. The molecule has 7 heteroatoms. The molecule has 0 bridgehead atoms. The lowest BCUT2D eigenvalue weighted by molar-refractivity contribution is -0.118. The van der Waals surface area contributed by atoms with Crippen LogP contribution in [0.2, 0.25) is 0 Å². The maximum Gasteiger partial charge on any atom is 0.240 e. The molecule has 0 radical (unpaired) electrons. The van der Waals surface area contributed by atoms with Crippen LogP contribution in [0.5, 0.6) is 0 Å². The molecular weight excluding hydrogens is 288 g/mol. The summed E-state index contributed by atoms with van der Waals surface area (Å²) in [6.45, 7) is 7.70. The molecule has 1 saturated heterocycles. The Morgan fingerprint density at radius 3 is 3.05 bits per heavy atom. The molecule has 1 aliphatic rings. The molecule has 1 fully saturated rings. The molecule has 0 saturated carbocycles. The summed E-state index contributed by atoms with van der Waals surface area (Å²) in [4.78, 5) is 20.5. The van der Waals surface area contributed by atoms with Crippen LogP contribution in [0.15, 0.2) is 11.6 Å². The SMILES string of the molecule is CC[C@@H]1CN(CC(=O)Nc2nccs2)CCN1C[C@@H](C)O. The minimum absolute atomic E-state index is 0.0104. The molecule has 1 amide bonds. The number of nitrogens with zero attached hydrogens (tertiary/aromatic N) is 3. The van der Waals surface area contributed by atoms with E-state index >= 15 is 0 Å². The predicted molar refractivity (Wildman–Crippen MR) is 84.5 cm³/mol. The van der Waals surface area contributed by atoms with Crippen LogP contribution in [0, 0.1) is 0 Å². The van der Waals surface area contributed by atoms with Crippen LogP contribution in [-0.4, -0.2) is 70.7 Å². The van der Waals surface area contributed by atoms with E-state index in [1.807, 2.05) is 12.3 Å². The van der Waals surface area contributed by atoms with Crippen molar-refractivity contribution in [2.24, 2.45) is 0 Å². The van der Waals surface area contributed by atoms with Gasteiger partial charge in [0.25, 0.3) is 0 Å². The van der Waals surface area contributed by atoms with Gasteiger partial charge in [0, 0.05) is 43.8 Å². The van der Waals surface area contributed by atoms with Crippen molar-refractivity contribution in [3.8, 4) is 0 Å². The lowest BCUT2D eigenvalue weighted by atomic mass is 10.1. The molecule has 1 aromatic rings. The van der Waals surface area contributed by atoms with E-state index in [-0.39, 0.29) is 12.0 Å². The maximum atomic E-state index is 12.0. The summed E-state index contributed by atoms with van der Waals surface area (Å²) in [7, 11) is 0. The van der Waals surface area contributed by atoms with Crippen molar-refractivity contribution in [2.45, 2.75) is 32.4 Å². The van der Waals surface area contributed by atoms with E-state index in [2.05, 4.69) is 27.0 Å². The van der Waals surface area contributed by atoms with E-state index in [4.69, 9.17) is 0 Å². The molecular formula is C14H24N4O2S. The van der Waals surface area contributed by atoms with E-state index in [0.717, 1.165) is 26.1 Å². The van der Waals surface area contributed by atoms with Crippen molar-refractivity contribution in [3.05, 3.63) is 11.6 Å². The second-order valence-corrected chi connectivity index (χ2v) is 6.42. The largest absolute Gasteiger partial charge is 0.392 e. The highest BCUT2D eigenvalue weighted by atomic mass is 32.1. The number of carbonyl (C=O) groups excluding carboxylic acids is 1. The number of nitrogens with one attached hydrogen (secondary N) is 1. The quantitative estimate of drug-likeness (QED) is 0.815. The summed E-state index contributed by atoms with van der Waals surface area (Å²) in [6, 6.07) is 0.404. The van der Waals surface area contributed by atoms with Gasteiger partial charge in [0.2, 0.25) is 5.91 Å². The topological polar surface area (TPSA) is 68.7 Å². The molecule has 1 aliphatic heterocycles. The number of anilines is 1. The average molecular weight is 312 g/mol. The Labute approximate surface area is 129 Å². The summed E-state index contributed by atoms with van der Waals surface area (Å²) in [5.74, 6) is -0.0104. The summed E-state index contributed by atoms with van der Waals surface area (Å²) in [5, 5.41) is 14.9. The summed E-state index contributed by atoms with van der Waals surface area (Å²) < 4.78 is 0. The van der Waals surface area contributed by atoms with E-state index in [1.54, 1.807) is 6.20 Å². The van der Waals surface area contributed by atoms with Crippen molar-refractivity contribution >= 4 is 22.4 Å². The molecule has 2 N–H and O–H groups in total. The Bertz CT molecular complexity index is 438. The second kappa shape index (κ2) is 7.84. The van der Waals surface area contributed by atoms with Crippen molar-refractivity contribution in [1.29, 1.82) is 0 Å². The van der Waals surface area contributed by atoms with Gasteiger partial charge in [0.1, 0.15) is 0 Å². The van der Waals surface area contributed by atoms with Gasteiger partial charge in [-0.05, 0) is 13.3 Å². The number of aliphatic hydroxyl groups excluding tert-OH is 1. The van der Waals surface area contributed by atoms with Crippen LogP contribution in [0.1, 0.15) is 20.3 Å². The molecule has 2 rings (SSSR count). The Balaban J connectivity index is 1.81. The summed E-state index contributed by atoms with van der Waals surface area (Å²) >= 11 is 1.43. The fourth-order valence-electron chi connectivity index (χ4n) is 2.71. The minimum Gasteiger partial charge on any atom is -0.392 e. The number of piperazine rings is 1. The van der Waals surface area contributed by atoms with E-state index in [1.165, 1.54) is 11.3 Å². The van der Waals surface area contributed by atoms with Crippen molar-refractivity contribution in [2.75, 3.05) is 38.0 Å². The Morgan fingerprint density at radius 1 is 1.62 bits per heavy atom. The zero-order valence-electron chi connectivity index (χ0n) is 12.7. The van der Waals surface area contributed by atoms with Crippen LogP contribution in [0.25, 0.3) is 0 Å². The average Bonchev–Trinajstić information content (AvgIpc) is 2.92. The van der Waals surface area contributed by atoms with Crippen LogP contribution in [-0.2, 0) is 4.79 Å². The van der Waals surface area contributed by atoms with Crippen LogP contribution in [0.4, 0.5) is 5.13 Å². The van der Waals surface area contributed by atoms with Gasteiger partial charge >= 0.3 is 0 Å². The molecule has 21 heavy (non-hydrogen) atoms. The first kappa shape index (κ1) is 16.4. The molecule has 1 aromatic heterocycles. The van der Waals surface area contributed by atoms with Gasteiger partial charge in [0.05, 0.1) is 12.6 Å². The van der Waals surface area contributed by atoms with Gasteiger partial charge in [-0.1, -0.05) is 6.92 Å². The van der Waals surface area contributed by atoms with Crippen molar-refractivity contribution < 1.29 is 9.90 Å². The zero-order valence-corrected chi connectivity index (χ0v) is 13.5. The summed E-state index contributed by atoms with van der Waals surface area (Å²) in [5.41, 5.74) is 0. The molecule has 0 aromatic carbocycles. The zero-order chi connectivity index (χ0) is 15.2. The second-order valence-electron chi connectivity index (χ2n) is 5.53. The van der Waals surface area contributed by atoms with Crippen LogP contribution < -0.4 is 5.32 Å². The molecule has 0 spiro atoms. The molecule has 2 atom stereocenters. The lowest BCUT2D eigenvalue weighted by Crippen LogP contribution is -2.55. The van der Waals surface area contributed by atoms with Gasteiger partial charge in [-0.3, -0.25) is 14.6 Å². The van der Waals surface area contributed by atoms with Gasteiger partial charge < -0.3 is 10.4 Å². The smallest absolute Gasteiger partial charge is 0.240 e. The van der Waals surface area contributed by atoms with E-state index < -0.39 is 0 Å².